The minimum atomic E-state index is -1.02. The van der Waals surface area contributed by atoms with Gasteiger partial charge in [0.25, 0.3) is 0 Å². The largest absolute Gasteiger partial charge is 0.465 e. The molecule has 0 saturated heterocycles. The van der Waals surface area contributed by atoms with Gasteiger partial charge < -0.3 is 14.6 Å². The normalized spacial score (nSPS) is 26.5. The maximum absolute atomic E-state index is 11.9. The summed E-state index contributed by atoms with van der Waals surface area (Å²) in [4.78, 5) is 23.8. The minimum absolute atomic E-state index is 0.0777. The van der Waals surface area contributed by atoms with E-state index in [0.717, 1.165) is 6.42 Å². The van der Waals surface area contributed by atoms with Gasteiger partial charge in [0.05, 0.1) is 19.3 Å². The Hall–Kier alpha value is -1.36. The molecule has 1 saturated carbocycles. The Morgan fingerprint density at radius 3 is 2.26 bits per heavy atom. The highest BCUT2D eigenvalue weighted by atomic mass is 16.6. The van der Waals surface area contributed by atoms with E-state index in [0.29, 0.717) is 24.2 Å². The van der Waals surface area contributed by atoms with Crippen molar-refractivity contribution in [3.63, 3.8) is 0 Å². The van der Waals surface area contributed by atoms with Crippen LogP contribution in [-0.4, -0.2) is 36.4 Å². The molecule has 0 spiro atoms. The third-order valence-corrected chi connectivity index (χ3v) is 4.94. The van der Waals surface area contributed by atoms with Crippen molar-refractivity contribution in [2.45, 2.75) is 52.1 Å². The molecule has 1 N–H and O–H groups in total. The highest BCUT2D eigenvalue weighted by molar-refractivity contribution is 5.94. The number of ether oxygens (including phenoxy) is 2. The Morgan fingerprint density at radius 1 is 1.13 bits per heavy atom. The summed E-state index contributed by atoms with van der Waals surface area (Å²) >= 11 is 0. The zero-order valence-corrected chi connectivity index (χ0v) is 14.1. The Labute approximate surface area is 138 Å². The van der Waals surface area contributed by atoms with Crippen LogP contribution in [0.15, 0.2) is 12.2 Å². The number of carbonyl (C=O) groups excluding carboxylic acids is 2. The number of allylic oxidation sites excluding steroid dienone is 2. The third-order valence-electron chi connectivity index (χ3n) is 4.94. The van der Waals surface area contributed by atoms with Gasteiger partial charge in [0.15, 0.2) is 5.92 Å². The van der Waals surface area contributed by atoms with Crippen molar-refractivity contribution in [3.05, 3.63) is 12.2 Å². The van der Waals surface area contributed by atoms with Gasteiger partial charge >= 0.3 is 11.9 Å². The molecule has 2 unspecified atom stereocenters. The lowest BCUT2D eigenvalue weighted by molar-refractivity contribution is -0.163. The first-order chi connectivity index (χ1) is 11.0. The first kappa shape index (κ1) is 18.0. The van der Waals surface area contributed by atoms with Gasteiger partial charge in [-0.1, -0.05) is 12.2 Å². The summed E-state index contributed by atoms with van der Waals surface area (Å²) in [5.74, 6) is -0.235. The Morgan fingerprint density at radius 2 is 1.78 bits per heavy atom. The van der Waals surface area contributed by atoms with Gasteiger partial charge in [0.1, 0.15) is 0 Å². The van der Waals surface area contributed by atoms with Crippen LogP contribution in [0.3, 0.4) is 0 Å². The second-order valence-corrected chi connectivity index (χ2v) is 6.56. The number of hydrogen-bond acceptors (Lipinski definition) is 5. The van der Waals surface area contributed by atoms with Crippen LogP contribution in [0.1, 0.15) is 46.0 Å². The number of aliphatic hydroxyl groups is 1. The lowest BCUT2D eigenvalue weighted by Crippen LogP contribution is -2.31. The fraction of sp³-hybridized carbons (Fsp3) is 0.778. The topological polar surface area (TPSA) is 72.8 Å². The van der Waals surface area contributed by atoms with Gasteiger partial charge in [-0.05, 0) is 63.7 Å². The third kappa shape index (κ3) is 4.80. The Balaban J connectivity index is 1.81. The summed E-state index contributed by atoms with van der Waals surface area (Å²) in [5, 5.41) is 10.3. The van der Waals surface area contributed by atoms with E-state index in [2.05, 4.69) is 12.2 Å². The van der Waals surface area contributed by atoms with Crippen molar-refractivity contribution in [1.82, 2.24) is 0 Å². The smallest absolute Gasteiger partial charge is 0.320 e. The number of rotatable bonds is 9. The van der Waals surface area contributed by atoms with Crippen molar-refractivity contribution < 1.29 is 24.2 Å². The van der Waals surface area contributed by atoms with Crippen molar-refractivity contribution in [2.24, 2.45) is 23.7 Å². The molecule has 5 heteroatoms. The highest BCUT2D eigenvalue weighted by Gasteiger charge is 2.36. The van der Waals surface area contributed by atoms with Crippen molar-refractivity contribution in [2.75, 3.05) is 13.2 Å². The van der Waals surface area contributed by atoms with Crippen LogP contribution in [0.2, 0.25) is 0 Å². The van der Waals surface area contributed by atoms with E-state index in [-0.39, 0.29) is 19.6 Å². The van der Waals surface area contributed by atoms with Gasteiger partial charge in [0, 0.05) is 0 Å². The fourth-order valence-corrected chi connectivity index (χ4v) is 3.80. The van der Waals surface area contributed by atoms with E-state index in [1.54, 1.807) is 13.8 Å². The molecule has 0 heterocycles. The number of aliphatic hydroxyl groups excluding tert-OH is 1. The Kier molecular flexibility index (Phi) is 6.63. The quantitative estimate of drug-likeness (QED) is 0.401. The van der Waals surface area contributed by atoms with Crippen LogP contribution in [-0.2, 0) is 19.1 Å². The number of hydrogen-bond donors (Lipinski definition) is 1. The maximum Gasteiger partial charge on any atom is 0.320 e. The monoisotopic (exact) mass is 324 g/mol. The average Bonchev–Trinajstić information content (AvgIpc) is 3.13. The lowest BCUT2D eigenvalue weighted by atomic mass is 9.87. The van der Waals surface area contributed by atoms with Gasteiger partial charge in [-0.2, -0.15) is 0 Å². The zero-order chi connectivity index (χ0) is 16.8. The molecular formula is C18H28O5. The molecule has 0 aromatic heterocycles. The second-order valence-electron chi connectivity index (χ2n) is 6.56. The van der Waals surface area contributed by atoms with Crippen LogP contribution in [0.25, 0.3) is 0 Å². The first-order valence-corrected chi connectivity index (χ1v) is 8.74. The molecule has 2 aliphatic carbocycles. The van der Waals surface area contributed by atoms with Gasteiger partial charge in [0.2, 0.25) is 0 Å². The zero-order valence-electron chi connectivity index (χ0n) is 14.1. The molecular weight excluding hydrogens is 296 g/mol. The van der Waals surface area contributed by atoms with E-state index in [9.17, 15) is 14.7 Å². The van der Waals surface area contributed by atoms with Crippen LogP contribution in [0.5, 0.6) is 0 Å². The number of fused-ring (bicyclic) bond motifs is 2. The standard InChI is InChI=1S/C18H28O5/c1-3-22-17(20)16(18(21)23-4-2)11-15(19)8-7-14-10-12-5-6-13(14)9-12/h5-6,12-16,19H,3-4,7-11H2,1-2H3/t12-,13+,14?,15?/m0/s1. The highest BCUT2D eigenvalue weighted by Crippen LogP contribution is 2.45. The predicted molar refractivity (Wildman–Crippen MR) is 85.5 cm³/mol. The number of esters is 2. The molecule has 4 atom stereocenters. The molecule has 2 bridgehead atoms. The van der Waals surface area contributed by atoms with Crippen molar-refractivity contribution >= 4 is 11.9 Å². The van der Waals surface area contributed by atoms with Crippen molar-refractivity contribution in [3.8, 4) is 0 Å². The molecule has 2 aliphatic rings. The molecule has 130 valence electrons. The summed E-state index contributed by atoms with van der Waals surface area (Å²) in [6.45, 7) is 3.81. The van der Waals surface area contributed by atoms with Crippen LogP contribution in [0, 0.1) is 23.7 Å². The molecule has 1 fully saturated rings. The molecule has 5 nitrogen and oxygen atoms in total. The summed E-state index contributed by atoms with van der Waals surface area (Å²) < 4.78 is 9.86. The fourth-order valence-electron chi connectivity index (χ4n) is 3.80. The summed E-state index contributed by atoms with van der Waals surface area (Å²) in [7, 11) is 0. The van der Waals surface area contributed by atoms with Gasteiger partial charge in [-0.25, -0.2) is 0 Å². The van der Waals surface area contributed by atoms with E-state index in [1.165, 1.54) is 12.8 Å². The van der Waals surface area contributed by atoms with Crippen LogP contribution < -0.4 is 0 Å². The van der Waals surface area contributed by atoms with Gasteiger partial charge in [-0.15, -0.1) is 0 Å². The van der Waals surface area contributed by atoms with Gasteiger partial charge in [-0.3, -0.25) is 9.59 Å². The SMILES string of the molecule is CCOC(=O)C(CC(O)CCC1C[C@H]2C=C[C@@H]1C2)C(=O)OCC. The first-order valence-electron chi connectivity index (χ1n) is 8.74. The summed E-state index contributed by atoms with van der Waals surface area (Å²) in [6, 6.07) is 0. The van der Waals surface area contributed by atoms with E-state index in [4.69, 9.17) is 9.47 Å². The second kappa shape index (κ2) is 8.48. The molecule has 23 heavy (non-hydrogen) atoms. The number of carbonyl (C=O) groups is 2. The van der Waals surface area contributed by atoms with E-state index < -0.39 is 24.0 Å². The van der Waals surface area contributed by atoms with Crippen LogP contribution in [0.4, 0.5) is 0 Å². The summed E-state index contributed by atoms with van der Waals surface area (Å²) in [6.07, 6.45) is 7.98. The molecule has 0 aliphatic heterocycles. The lowest BCUT2D eigenvalue weighted by Gasteiger charge is -2.21. The molecule has 2 rings (SSSR count). The molecule has 0 aromatic rings. The Bertz CT molecular complexity index is 427. The maximum atomic E-state index is 11.9. The van der Waals surface area contributed by atoms with Crippen LogP contribution >= 0.6 is 0 Å². The molecule has 0 amide bonds. The van der Waals surface area contributed by atoms with E-state index in [1.807, 2.05) is 0 Å². The molecule has 0 radical (unpaired) electrons. The predicted octanol–water partition coefficient (Wildman–Crippen LogP) is 2.47. The average molecular weight is 324 g/mol. The molecule has 0 aromatic carbocycles. The minimum Gasteiger partial charge on any atom is -0.465 e. The van der Waals surface area contributed by atoms with E-state index >= 15 is 0 Å². The summed E-state index contributed by atoms with van der Waals surface area (Å²) in [5.41, 5.74) is 0. The van der Waals surface area contributed by atoms with Crippen molar-refractivity contribution in [1.29, 1.82) is 0 Å².